The zero-order valence-electron chi connectivity index (χ0n) is 20.2. The molecule has 4 rings (SSSR count). The maximum atomic E-state index is 12.9. The smallest absolute Gasteiger partial charge is 0.286 e. The second-order valence-electron chi connectivity index (χ2n) is 8.94. The summed E-state index contributed by atoms with van der Waals surface area (Å²) in [6.45, 7) is 4.93. The zero-order chi connectivity index (χ0) is 23.4. The quantitative estimate of drug-likeness (QED) is 0.611. The molecular formula is C24H36N4O5. The Morgan fingerprint density at radius 3 is 2.45 bits per heavy atom. The van der Waals surface area contributed by atoms with Crippen molar-refractivity contribution in [2.75, 3.05) is 66.1 Å². The molecule has 9 heteroatoms. The number of anilines is 1. The van der Waals surface area contributed by atoms with E-state index < -0.39 is 0 Å². The summed E-state index contributed by atoms with van der Waals surface area (Å²) in [6.07, 6.45) is 5.92. The predicted molar refractivity (Wildman–Crippen MR) is 128 cm³/mol. The third-order valence-corrected chi connectivity index (χ3v) is 7.09. The molecule has 0 spiro atoms. The van der Waals surface area contributed by atoms with Gasteiger partial charge in [0.25, 0.3) is 5.56 Å². The van der Waals surface area contributed by atoms with E-state index in [1.165, 1.54) is 40.0 Å². The highest BCUT2D eigenvalue weighted by Crippen LogP contribution is 2.41. The Morgan fingerprint density at radius 1 is 1.03 bits per heavy atom. The number of nitrogens with one attached hydrogen (secondary N) is 1. The fourth-order valence-corrected chi connectivity index (χ4v) is 5.27. The number of aromatic nitrogens is 2. The Hall–Kier alpha value is -2.52. The second-order valence-corrected chi connectivity index (χ2v) is 8.94. The van der Waals surface area contributed by atoms with Crippen LogP contribution in [0.25, 0.3) is 10.9 Å². The first-order valence-corrected chi connectivity index (χ1v) is 11.8. The van der Waals surface area contributed by atoms with Crippen LogP contribution in [0.5, 0.6) is 17.2 Å². The van der Waals surface area contributed by atoms with Gasteiger partial charge in [0.05, 0.1) is 33.5 Å². The van der Waals surface area contributed by atoms with Crippen LogP contribution >= 0.6 is 0 Å². The van der Waals surface area contributed by atoms with Gasteiger partial charge in [-0.05, 0) is 51.1 Å². The summed E-state index contributed by atoms with van der Waals surface area (Å²) < 4.78 is 21.7. The number of benzene rings is 1. The fourth-order valence-electron chi connectivity index (χ4n) is 5.27. The van der Waals surface area contributed by atoms with Gasteiger partial charge in [-0.15, -0.1) is 0 Å². The average Bonchev–Trinajstić information content (AvgIpc) is 3.28. The molecule has 1 atom stereocenters. The van der Waals surface area contributed by atoms with Crippen molar-refractivity contribution >= 4 is 16.9 Å². The maximum Gasteiger partial charge on any atom is 0.286 e. The van der Waals surface area contributed by atoms with Crippen LogP contribution in [0.3, 0.4) is 0 Å². The number of likely N-dealkylation sites (tertiary alicyclic amines) is 1. The van der Waals surface area contributed by atoms with E-state index in [1.807, 2.05) is 0 Å². The minimum atomic E-state index is -0.336. The molecule has 1 N–H and O–H groups in total. The number of nitrogens with zero attached hydrogens (tertiary/aromatic N) is 3. The average molecular weight is 461 g/mol. The van der Waals surface area contributed by atoms with E-state index in [1.54, 1.807) is 20.3 Å². The largest absolute Gasteiger partial charge is 0.493 e. The van der Waals surface area contributed by atoms with Gasteiger partial charge in [0.2, 0.25) is 11.7 Å². The van der Waals surface area contributed by atoms with Crippen LogP contribution in [0.15, 0.2) is 10.9 Å². The van der Waals surface area contributed by atoms with Gasteiger partial charge in [-0.25, -0.2) is 0 Å². The van der Waals surface area contributed by atoms with Gasteiger partial charge in [-0.3, -0.25) is 9.69 Å². The number of rotatable bonds is 9. The van der Waals surface area contributed by atoms with Crippen molar-refractivity contribution in [3.63, 3.8) is 0 Å². The highest BCUT2D eigenvalue weighted by Gasteiger charge is 2.27. The van der Waals surface area contributed by atoms with Crippen LogP contribution in [0.4, 0.5) is 5.95 Å². The summed E-state index contributed by atoms with van der Waals surface area (Å²) in [7, 11) is 6.38. The lowest BCUT2D eigenvalue weighted by atomic mass is 9.93. The Morgan fingerprint density at radius 2 is 1.79 bits per heavy atom. The Bertz CT molecular complexity index is 1000. The standard InChI is InChI=1S/C24H36N4O5/c1-30-15-17-6-5-10-27(17)11-7-16-8-12-28(13-9-16)24-25-18-14-19(31-2)21(32-3)22(33-4)20(18)23(29)26-24/h14,16-17H,5-13,15H2,1-4H3,(H,25,26,29). The van der Waals surface area contributed by atoms with E-state index in [2.05, 4.69) is 19.8 Å². The van der Waals surface area contributed by atoms with E-state index >= 15 is 0 Å². The predicted octanol–water partition coefficient (Wildman–Crippen LogP) is 2.67. The third-order valence-electron chi connectivity index (χ3n) is 7.09. The number of methoxy groups -OCH3 is 4. The topological polar surface area (TPSA) is 89.2 Å². The van der Waals surface area contributed by atoms with Crippen LogP contribution in [-0.4, -0.2) is 82.1 Å². The number of aromatic amines is 1. The van der Waals surface area contributed by atoms with Gasteiger partial charge < -0.3 is 28.8 Å². The van der Waals surface area contributed by atoms with Crippen molar-refractivity contribution < 1.29 is 18.9 Å². The molecule has 2 aromatic rings. The van der Waals surface area contributed by atoms with Gasteiger partial charge in [-0.1, -0.05) is 0 Å². The Labute approximate surface area is 195 Å². The van der Waals surface area contributed by atoms with Crippen molar-refractivity contribution in [3.05, 3.63) is 16.4 Å². The molecule has 0 bridgehead atoms. The van der Waals surface area contributed by atoms with Crippen LogP contribution in [0.2, 0.25) is 0 Å². The first-order chi connectivity index (χ1) is 16.1. The van der Waals surface area contributed by atoms with Crippen molar-refractivity contribution in [2.24, 2.45) is 5.92 Å². The van der Waals surface area contributed by atoms with Gasteiger partial charge in [-0.2, -0.15) is 4.98 Å². The molecule has 0 radical (unpaired) electrons. The summed E-state index contributed by atoms with van der Waals surface area (Å²) in [5.74, 6) is 2.52. The summed E-state index contributed by atoms with van der Waals surface area (Å²) in [6, 6.07) is 2.34. The van der Waals surface area contributed by atoms with E-state index in [4.69, 9.17) is 18.9 Å². The summed E-state index contributed by atoms with van der Waals surface area (Å²) in [4.78, 5) is 25.4. The summed E-state index contributed by atoms with van der Waals surface area (Å²) >= 11 is 0. The molecule has 0 aliphatic carbocycles. The van der Waals surface area contributed by atoms with Crippen LogP contribution < -0.4 is 24.7 Å². The fraction of sp³-hybridized carbons (Fsp3) is 0.667. The van der Waals surface area contributed by atoms with Crippen LogP contribution in [0, 0.1) is 5.92 Å². The van der Waals surface area contributed by atoms with Gasteiger partial charge in [0, 0.05) is 32.3 Å². The van der Waals surface area contributed by atoms with E-state index in [9.17, 15) is 4.79 Å². The number of H-pyrrole nitrogens is 1. The number of fused-ring (bicyclic) bond motifs is 1. The molecule has 0 saturated carbocycles. The Balaban J connectivity index is 1.44. The molecule has 2 saturated heterocycles. The van der Waals surface area contributed by atoms with E-state index in [0.29, 0.717) is 46.1 Å². The zero-order valence-corrected chi connectivity index (χ0v) is 20.2. The minimum absolute atomic E-state index is 0.333. The van der Waals surface area contributed by atoms with Crippen molar-refractivity contribution in [3.8, 4) is 17.2 Å². The first-order valence-electron chi connectivity index (χ1n) is 11.8. The second kappa shape index (κ2) is 10.6. The lowest BCUT2D eigenvalue weighted by molar-refractivity contribution is 0.110. The van der Waals surface area contributed by atoms with Crippen LogP contribution in [-0.2, 0) is 4.74 Å². The summed E-state index contributed by atoms with van der Waals surface area (Å²) in [5.41, 5.74) is 0.289. The van der Waals surface area contributed by atoms with Crippen molar-refractivity contribution in [1.82, 2.24) is 14.9 Å². The number of hydrogen-bond acceptors (Lipinski definition) is 8. The molecule has 1 aromatic heterocycles. The molecule has 33 heavy (non-hydrogen) atoms. The lowest BCUT2D eigenvalue weighted by Gasteiger charge is -2.33. The van der Waals surface area contributed by atoms with Gasteiger partial charge >= 0.3 is 0 Å². The van der Waals surface area contributed by atoms with Gasteiger partial charge in [0.15, 0.2) is 11.5 Å². The molecular weight excluding hydrogens is 424 g/mol. The number of hydrogen-bond donors (Lipinski definition) is 1. The monoisotopic (exact) mass is 460 g/mol. The molecule has 9 nitrogen and oxygen atoms in total. The SMILES string of the molecule is COCC1CCCN1CCC1CCN(c2nc(=O)c3c(OC)c(OC)c(OC)cc3[nH]2)CC1. The summed E-state index contributed by atoms with van der Waals surface area (Å²) in [5, 5.41) is 0.366. The van der Waals surface area contributed by atoms with Crippen LogP contribution in [0.1, 0.15) is 32.1 Å². The minimum Gasteiger partial charge on any atom is -0.493 e. The van der Waals surface area contributed by atoms with Crippen molar-refractivity contribution in [2.45, 2.75) is 38.1 Å². The highest BCUT2D eigenvalue weighted by atomic mass is 16.5. The number of piperidine rings is 1. The maximum absolute atomic E-state index is 12.9. The van der Waals surface area contributed by atoms with E-state index in [-0.39, 0.29) is 5.56 Å². The molecule has 3 heterocycles. The molecule has 2 aliphatic heterocycles. The third kappa shape index (κ3) is 4.89. The van der Waals surface area contributed by atoms with Crippen molar-refractivity contribution in [1.29, 1.82) is 0 Å². The molecule has 2 aliphatic rings. The Kier molecular flexibility index (Phi) is 7.60. The normalized spacial score (nSPS) is 19.9. The molecule has 1 aromatic carbocycles. The highest BCUT2D eigenvalue weighted by molar-refractivity contribution is 5.90. The molecule has 0 amide bonds. The van der Waals surface area contributed by atoms with E-state index in [0.717, 1.165) is 39.1 Å². The molecule has 182 valence electrons. The lowest BCUT2D eigenvalue weighted by Crippen LogP contribution is -2.38. The molecule has 2 fully saturated rings. The number of ether oxygens (including phenoxy) is 4. The first kappa shape index (κ1) is 23.6. The molecule has 1 unspecified atom stereocenters. The van der Waals surface area contributed by atoms with Gasteiger partial charge in [0.1, 0.15) is 5.39 Å².